The molecule has 0 unspecified atom stereocenters. The third-order valence-electron chi connectivity index (χ3n) is 11.4. The van der Waals surface area contributed by atoms with E-state index in [9.17, 15) is 0 Å². The summed E-state index contributed by atoms with van der Waals surface area (Å²) >= 11 is 22.9. The summed E-state index contributed by atoms with van der Waals surface area (Å²) in [6, 6.07) is 9.57. The van der Waals surface area contributed by atoms with Crippen LogP contribution in [0.25, 0.3) is 56.4 Å². The summed E-state index contributed by atoms with van der Waals surface area (Å²) in [7, 11) is 0. The molecule has 0 radical (unpaired) electrons. The third-order valence-corrected chi connectivity index (χ3v) is 22.6. The van der Waals surface area contributed by atoms with Crippen molar-refractivity contribution in [3.05, 3.63) is 41.6 Å². The van der Waals surface area contributed by atoms with Crippen molar-refractivity contribution >= 4 is 179 Å². The maximum absolute atomic E-state index is 4.94. The minimum Gasteiger partial charge on any atom is -0.381 e. The van der Waals surface area contributed by atoms with Gasteiger partial charge in [0, 0.05) is 44.5 Å². The fourth-order valence-corrected chi connectivity index (χ4v) is 20.8. The first-order chi connectivity index (χ1) is 29.0. The molecule has 1 aliphatic heterocycles. The van der Waals surface area contributed by atoms with Crippen LogP contribution in [0.3, 0.4) is 0 Å². The normalized spacial score (nSPS) is 13.2. The van der Waals surface area contributed by atoms with Gasteiger partial charge in [-0.2, -0.15) is 0 Å². The first-order valence-electron chi connectivity index (χ1n) is 22.7. The van der Waals surface area contributed by atoms with Crippen molar-refractivity contribution < 1.29 is 4.74 Å². The molecule has 1 nitrogen and oxygen atoms in total. The van der Waals surface area contributed by atoms with Crippen molar-refractivity contribution in [1.29, 1.82) is 0 Å². The van der Waals surface area contributed by atoms with Crippen LogP contribution in [-0.4, -0.2) is 13.2 Å². The van der Waals surface area contributed by atoms with Crippen LogP contribution in [0.4, 0.5) is 0 Å². The summed E-state index contributed by atoms with van der Waals surface area (Å²) < 4.78 is 19.4. The van der Waals surface area contributed by atoms with Gasteiger partial charge in [-0.15, -0.1) is 90.7 Å². The first-order valence-corrected chi connectivity index (χ1v) is 30.8. The smallest absolute Gasteiger partial charge is 0.0898 e. The summed E-state index contributed by atoms with van der Waals surface area (Å²) in [4.78, 5) is 3.23. The van der Waals surface area contributed by atoms with E-state index >= 15 is 0 Å². The average Bonchev–Trinajstić information content (AvgIpc) is 4.08. The standard InChI is InChI=1S/C34H52S4.C10H2Br2S4.C4H8O/c1-3-5-7-9-11-13-15-17-19-21-23-27-25-29-31-32(37-33(29)35-27)30-26-28(36-34(30)38-31)24-22-20-18-16-14-12-10-8-6-4-2;11-5-1-3-7-8(16-9(3)13-5)4-2-6(12)14-10(4)15-7;1-2-4-5-3-1/h25-26H,3-24H2,1-2H3;1-2H;1-4H2. The van der Waals surface area contributed by atoms with Gasteiger partial charge in [-0.05, 0) is 94.7 Å². The molecule has 0 aromatic carbocycles. The molecule has 322 valence electrons. The van der Waals surface area contributed by atoms with Gasteiger partial charge < -0.3 is 4.74 Å². The molecule has 0 atom stereocenters. The summed E-state index contributed by atoms with van der Waals surface area (Å²) in [6.07, 6.45) is 33.6. The molecular weight excluding hydrogens is 1010 g/mol. The van der Waals surface area contributed by atoms with E-state index in [1.54, 1.807) is 38.0 Å². The molecule has 0 saturated carbocycles. The zero-order chi connectivity index (χ0) is 40.8. The number of aryl methyl sites for hydroxylation is 2. The summed E-state index contributed by atoms with van der Waals surface area (Å²) in [5.41, 5.74) is 0. The molecule has 0 N–H and O–H groups in total. The fraction of sp³-hybridized carbons (Fsp3) is 0.583. The molecule has 11 heteroatoms. The molecular formula is C48H62Br2OS8. The van der Waals surface area contributed by atoms with Crippen LogP contribution in [0.5, 0.6) is 0 Å². The topological polar surface area (TPSA) is 9.23 Å². The highest BCUT2D eigenvalue weighted by Crippen LogP contribution is 2.51. The van der Waals surface area contributed by atoms with E-state index in [-0.39, 0.29) is 0 Å². The highest BCUT2D eigenvalue weighted by atomic mass is 79.9. The zero-order valence-electron chi connectivity index (χ0n) is 35.1. The molecule has 9 heterocycles. The lowest BCUT2D eigenvalue weighted by Gasteiger charge is -2.02. The predicted octanol–water partition coefficient (Wildman–Crippen LogP) is 22.0. The van der Waals surface area contributed by atoms with Gasteiger partial charge in [0.05, 0.1) is 42.4 Å². The first kappa shape index (κ1) is 47.1. The SMILES string of the molecule is Brc1cc2c(s1)sc1c3cc(Br)sc3sc21.C1CCOC1.CCCCCCCCCCCCc1cc2c(s1)sc1c3cc(CCCCCCCCCCCC)sc3sc21. The monoisotopic (exact) mass is 1070 g/mol. The lowest BCUT2D eigenvalue weighted by Crippen LogP contribution is -1.84. The second kappa shape index (κ2) is 25.0. The number of unbranched alkanes of at least 4 members (excludes halogenated alkanes) is 18. The minimum absolute atomic E-state index is 1.00. The third kappa shape index (κ3) is 13.3. The molecule has 0 spiro atoms. The summed E-state index contributed by atoms with van der Waals surface area (Å²) in [5.74, 6) is 0. The van der Waals surface area contributed by atoms with E-state index in [4.69, 9.17) is 4.74 Å². The van der Waals surface area contributed by atoms with Crippen molar-refractivity contribution in [2.45, 2.75) is 168 Å². The number of hydrogen-bond donors (Lipinski definition) is 0. The lowest BCUT2D eigenvalue weighted by atomic mass is 10.1. The Balaban J connectivity index is 0.000000202. The highest BCUT2D eigenvalue weighted by Gasteiger charge is 2.18. The second-order valence-corrected chi connectivity index (χ2v) is 28.5. The van der Waals surface area contributed by atoms with Gasteiger partial charge in [-0.1, -0.05) is 129 Å². The Kier molecular flexibility index (Phi) is 19.9. The maximum Gasteiger partial charge on any atom is 0.0898 e. The van der Waals surface area contributed by atoms with Gasteiger partial charge in [0.15, 0.2) is 0 Å². The highest BCUT2D eigenvalue weighted by molar-refractivity contribution is 9.11. The van der Waals surface area contributed by atoms with Crippen LogP contribution >= 0.6 is 123 Å². The number of thiophene rings is 8. The summed E-state index contributed by atoms with van der Waals surface area (Å²) in [5, 5.41) is 5.95. The molecule has 9 rings (SSSR count). The van der Waals surface area contributed by atoms with Crippen LogP contribution in [0, 0.1) is 0 Å². The quantitative estimate of drug-likeness (QED) is 0.0615. The van der Waals surface area contributed by atoms with Gasteiger partial charge in [0.25, 0.3) is 0 Å². The van der Waals surface area contributed by atoms with Crippen molar-refractivity contribution in [3.8, 4) is 0 Å². The van der Waals surface area contributed by atoms with Gasteiger partial charge >= 0.3 is 0 Å². The van der Waals surface area contributed by atoms with E-state index in [1.165, 1.54) is 190 Å². The number of fused-ring (bicyclic) bond motifs is 10. The Morgan fingerprint density at radius 2 is 0.695 bits per heavy atom. The molecule has 59 heavy (non-hydrogen) atoms. The molecule has 8 aromatic heterocycles. The number of halogens is 2. The van der Waals surface area contributed by atoms with Crippen LogP contribution in [0.2, 0.25) is 0 Å². The van der Waals surface area contributed by atoms with Crippen molar-refractivity contribution in [3.63, 3.8) is 0 Å². The Morgan fingerprint density at radius 1 is 0.390 bits per heavy atom. The molecule has 1 aliphatic rings. The van der Waals surface area contributed by atoms with Gasteiger partial charge in [-0.25, -0.2) is 0 Å². The lowest BCUT2D eigenvalue weighted by molar-refractivity contribution is 0.198. The minimum atomic E-state index is 1.00. The van der Waals surface area contributed by atoms with E-state index in [2.05, 4.69) is 115 Å². The zero-order valence-corrected chi connectivity index (χ0v) is 44.8. The fourth-order valence-electron chi connectivity index (χ4n) is 8.07. The molecule has 0 aliphatic carbocycles. The Labute approximate surface area is 402 Å². The van der Waals surface area contributed by atoms with Crippen molar-refractivity contribution in [2.24, 2.45) is 0 Å². The summed E-state index contributed by atoms with van der Waals surface area (Å²) in [6.45, 7) is 6.61. The largest absolute Gasteiger partial charge is 0.381 e. The van der Waals surface area contributed by atoms with E-state index in [1.807, 2.05) is 45.3 Å². The average molecular weight is 1070 g/mol. The Morgan fingerprint density at radius 3 is 1.02 bits per heavy atom. The number of rotatable bonds is 22. The van der Waals surface area contributed by atoms with Crippen LogP contribution < -0.4 is 0 Å². The molecule has 0 bridgehead atoms. The van der Waals surface area contributed by atoms with Crippen LogP contribution in [-0.2, 0) is 17.6 Å². The molecule has 8 aromatic rings. The molecule has 1 saturated heterocycles. The maximum atomic E-state index is 4.94. The number of ether oxygens (including phenoxy) is 1. The predicted molar refractivity (Wildman–Crippen MR) is 287 cm³/mol. The van der Waals surface area contributed by atoms with Crippen molar-refractivity contribution in [1.82, 2.24) is 0 Å². The van der Waals surface area contributed by atoms with E-state index in [0.717, 1.165) is 13.2 Å². The Hall–Kier alpha value is 0.0800. The Bertz CT molecular complexity index is 2250. The number of hydrogen-bond acceptors (Lipinski definition) is 9. The van der Waals surface area contributed by atoms with E-state index < -0.39 is 0 Å². The molecule has 0 amide bonds. The van der Waals surface area contributed by atoms with Gasteiger partial charge in [-0.3, -0.25) is 0 Å². The van der Waals surface area contributed by atoms with E-state index in [0.29, 0.717) is 0 Å². The van der Waals surface area contributed by atoms with Crippen LogP contribution in [0.15, 0.2) is 31.8 Å². The van der Waals surface area contributed by atoms with Gasteiger partial charge in [0.1, 0.15) is 0 Å². The van der Waals surface area contributed by atoms with Crippen LogP contribution in [0.1, 0.15) is 165 Å². The molecule has 1 fully saturated rings. The van der Waals surface area contributed by atoms with Crippen molar-refractivity contribution in [2.75, 3.05) is 13.2 Å². The van der Waals surface area contributed by atoms with Gasteiger partial charge in [0.2, 0.25) is 0 Å². The second-order valence-electron chi connectivity index (χ2n) is 16.2.